The van der Waals surface area contributed by atoms with E-state index >= 15 is 0 Å². The molecule has 2 aliphatic rings. The number of aliphatic imine (C=N–C) groups is 1. The Hall–Kier alpha value is -1.47. The van der Waals surface area contributed by atoms with E-state index in [9.17, 15) is 4.79 Å². The van der Waals surface area contributed by atoms with Crippen molar-refractivity contribution >= 4 is 35.8 Å². The molecular formula is C18H32IN7O3. The van der Waals surface area contributed by atoms with E-state index < -0.39 is 0 Å². The van der Waals surface area contributed by atoms with E-state index in [2.05, 4.69) is 25.7 Å². The van der Waals surface area contributed by atoms with Gasteiger partial charge in [-0.15, -0.1) is 24.0 Å². The van der Waals surface area contributed by atoms with Crippen LogP contribution in [-0.2, 0) is 33.8 Å². The molecular weight excluding hydrogens is 489 g/mol. The van der Waals surface area contributed by atoms with Gasteiger partial charge in [-0.1, -0.05) is 0 Å². The van der Waals surface area contributed by atoms with Crippen LogP contribution in [0.15, 0.2) is 4.99 Å². The monoisotopic (exact) mass is 521 g/mol. The molecule has 1 aromatic heterocycles. The van der Waals surface area contributed by atoms with Gasteiger partial charge in [0.2, 0.25) is 5.91 Å². The average Bonchev–Trinajstić information content (AvgIpc) is 3.32. The topological polar surface area (TPSA) is 106 Å². The predicted molar refractivity (Wildman–Crippen MR) is 119 cm³/mol. The van der Waals surface area contributed by atoms with Gasteiger partial charge in [-0.05, 0) is 19.3 Å². The molecule has 0 saturated carbocycles. The van der Waals surface area contributed by atoms with E-state index in [4.69, 9.17) is 9.47 Å². The lowest BCUT2D eigenvalue weighted by Gasteiger charge is -2.26. The summed E-state index contributed by atoms with van der Waals surface area (Å²) in [6, 6.07) is 0.162. The molecule has 0 spiro atoms. The second-order valence-corrected chi connectivity index (χ2v) is 7.41. The maximum atomic E-state index is 11.9. The maximum Gasteiger partial charge on any atom is 0.243 e. The van der Waals surface area contributed by atoms with Gasteiger partial charge in [0.1, 0.15) is 19.0 Å². The number of rotatable bonds is 7. The van der Waals surface area contributed by atoms with Crippen LogP contribution < -0.4 is 10.6 Å². The first kappa shape index (κ1) is 23.8. The van der Waals surface area contributed by atoms with Gasteiger partial charge in [-0.3, -0.25) is 4.79 Å². The van der Waals surface area contributed by atoms with Gasteiger partial charge >= 0.3 is 0 Å². The van der Waals surface area contributed by atoms with Crippen molar-refractivity contribution in [2.24, 2.45) is 4.99 Å². The predicted octanol–water partition coefficient (Wildman–Crippen LogP) is 0.160. The van der Waals surface area contributed by atoms with E-state index in [0.717, 1.165) is 38.1 Å². The molecule has 3 rings (SSSR count). The highest BCUT2D eigenvalue weighted by molar-refractivity contribution is 14.0. The minimum absolute atomic E-state index is 0. The number of methoxy groups -OCH3 is 1. The lowest BCUT2D eigenvalue weighted by atomic mass is 10.1. The molecule has 1 saturated heterocycles. The summed E-state index contributed by atoms with van der Waals surface area (Å²) in [7, 11) is 5.10. The number of nitrogens with zero attached hydrogens (tertiary/aromatic N) is 5. The Labute approximate surface area is 188 Å². The van der Waals surface area contributed by atoms with E-state index in [1.807, 2.05) is 4.68 Å². The van der Waals surface area contributed by atoms with Crippen molar-refractivity contribution < 1.29 is 14.3 Å². The van der Waals surface area contributed by atoms with Crippen LogP contribution in [0.2, 0.25) is 0 Å². The first-order valence-corrected chi connectivity index (χ1v) is 9.83. The summed E-state index contributed by atoms with van der Waals surface area (Å²) in [4.78, 5) is 22.5. The van der Waals surface area contributed by atoms with E-state index in [1.165, 1.54) is 0 Å². The number of hydrogen-bond acceptors (Lipinski definition) is 6. The SMILES string of the molecule is COCc1nc2n(n1)CC(NC(=NCC(=O)N(C)C)NCC1CCCO1)CC2.I. The number of nitrogens with one attached hydrogen (secondary N) is 2. The highest BCUT2D eigenvalue weighted by Gasteiger charge is 2.23. The molecule has 2 atom stereocenters. The van der Waals surface area contributed by atoms with Crippen LogP contribution in [-0.4, -0.2) is 84.6 Å². The molecule has 164 valence electrons. The molecule has 1 amide bonds. The third-order valence-corrected chi connectivity index (χ3v) is 4.91. The Kier molecular flexibility index (Phi) is 9.56. The molecule has 0 radical (unpaired) electrons. The van der Waals surface area contributed by atoms with Gasteiger partial charge in [0.15, 0.2) is 11.8 Å². The fourth-order valence-electron chi connectivity index (χ4n) is 3.32. The summed E-state index contributed by atoms with van der Waals surface area (Å²) < 4.78 is 12.7. The quantitative estimate of drug-likeness (QED) is 0.299. The first-order valence-electron chi connectivity index (χ1n) is 9.83. The summed E-state index contributed by atoms with van der Waals surface area (Å²) >= 11 is 0. The van der Waals surface area contributed by atoms with Gasteiger partial charge in [0.25, 0.3) is 0 Å². The number of hydrogen-bond donors (Lipinski definition) is 2. The largest absolute Gasteiger partial charge is 0.377 e. The van der Waals surface area contributed by atoms with Gasteiger partial charge in [0.05, 0.1) is 12.6 Å². The van der Waals surface area contributed by atoms with Crippen LogP contribution in [0.3, 0.4) is 0 Å². The van der Waals surface area contributed by atoms with Gasteiger partial charge in [-0.2, -0.15) is 5.10 Å². The molecule has 1 aromatic rings. The van der Waals surface area contributed by atoms with E-state index in [0.29, 0.717) is 31.5 Å². The number of halogens is 1. The smallest absolute Gasteiger partial charge is 0.243 e. The maximum absolute atomic E-state index is 11.9. The molecule has 2 aliphatic heterocycles. The highest BCUT2D eigenvalue weighted by atomic mass is 127. The first-order chi connectivity index (χ1) is 13.5. The Bertz CT molecular complexity index is 689. The average molecular weight is 521 g/mol. The van der Waals surface area contributed by atoms with Crippen LogP contribution in [0.4, 0.5) is 0 Å². The van der Waals surface area contributed by atoms with Crippen LogP contribution in [0, 0.1) is 0 Å². The molecule has 0 aromatic carbocycles. The summed E-state index contributed by atoms with van der Waals surface area (Å²) in [5, 5.41) is 11.3. The van der Waals surface area contributed by atoms with Crippen LogP contribution in [0.5, 0.6) is 0 Å². The minimum Gasteiger partial charge on any atom is -0.377 e. The Morgan fingerprint density at radius 1 is 1.41 bits per heavy atom. The number of carbonyl (C=O) groups is 1. The summed E-state index contributed by atoms with van der Waals surface area (Å²) in [5.41, 5.74) is 0. The van der Waals surface area contributed by atoms with Crippen LogP contribution in [0.25, 0.3) is 0 Å². The summed E-state index contributed by atoms with van der Waals surface area (Å²) in [5.74, 6) is 2.29. The number of carbonyl (C=O) groups excluding carboxylic acids is 1. The number of fused-ring (bicyclic) bond motifs is 1. The van der Waals surface area contributed by atoms with E-state index in [1.54, 1.807) is 26.1 Å². The number of aromatic nitrogens is 3. The van der Waals surface area contributed by atoms with Gasteiger partial charge in [0, 0.05) is 46.8 Å². The zero-order valence-electron chi connectivity index (χ0n) is 17.4. The second-order valence-electron chi connectivity index (χ2n) is 7.41. The van der Waals surface area contributed by atoms with Crippen molar-refractivity contribution in [2.45, 2.75) is 51.0 Å². The molecule has 0 bridgehead atoms. The Balaban J connectivity index is 0.00000300. The third kappa shape index (κ3) is 7.07. The lowest BCUT2D eigenvalue weighted by molar-refractivity contribution is -0.127. The molecule has 10 nitrogen and oxygen atoms in total. The van der Waals surface area contributed by atoms with Crippen molar-refractivity contribution in [3.05, 3.63) is 11.6 Å². The number of amides is 1. The summed E-state index contributed by atoms with van der Waals surface area (Å²) in [6.07, 6.45) is 4.09. The standard InChI is InChI=1S/C18H31N7O3.HI/c1-24(2)17(26)10-20-18(19-9-14-5-4-8-28-14)21-13-6-7-16-22-15(12-27-3)23-25(16)11-13;/h13-14H,4-12H2,1-3H3,(H2,19,20,21);1H. The number of likely N-dealkylation sites (N-methyl/N-ethyl adjacent to an activating group) is 1. The van der Waals surface area contributed by atoms with Gasteiger partial charge in [-0.25, -0.2) is 14.7 Å². The third-order valence-electron chi connectivity index (χ3n) is 4.91. The summed E-state index contributed by atoms with van der Waals surface area (Å²) in [6.45, 7) is 2.72. The highest BCUT2D eigenvalue weighted by Crippen LogP contribution is 2.14. The zero-order valence-corrected chi connectivity index (χ0v) is 19.7. The minimum atomic E-state index is -0.0374. The molecule has 2 N–H and O–H groups in total. The van der Waals surface area contributed by atoms with Crippen molar-refractivity contribution in [3.63, 3.8) is 0 Å². The van der Waals surface area contributed by atoms with Gasteiger partial charge < -0.3 is 25.0 Å². The van der Waals surface area contributed by atoms with Crippen molar-refractivity contribution in [2.75, 3.05) is 40.9 Å². The van der Waals surface area contributed by atoms with Crippen molar-refractivity contribution in [1.82, 2.24) is 30.3 Å². The Morgan fingerprint density at radius 3 is 2.93 bits per heavy atom. The molecule has 2 unspecified atom stereocenters. The second kappa shape index (κ2) is 11.6. The van der Waals surface area contributed by atoms with Crippen LogP contribution >= 0.6 is 24.0 Å². The fraction of sp³-hybridized carbons (Fsp3) is 0.778. The number of guanidine groups is 1. The number of ether oxygens (including phenoxy) is 2. The zero-order chi connectivity index (χ0) is 19.9. The molecule has 29 heavy (non-hydrogen) atoms. The fourth-order valence-corrected chi connectivity index (χ4v) is 3.32. The number of aryl methyl sites for hydroxylation is 1. The normalized spacial score (nSPS) is 21.3. The van der Waals surface area contributed by atoms with Crippen molar-refractivity contribution in [3.8, 4) is 0 Å². The molecule has 1 fully saturated rings. The molecule has 3 heterocycles. The van der Waals surface area contributed by atoms with Crippen LogP contribution in [0.1, 0.15) is 30.9 Å². The molecule has 11 heteroatoms. The molecule has 0 aliphatic carbocycles. The van der Waals surface area contributed by atoms with E-state index in [-0.39, 0.29) is 48.6 Å². The Morgan fingerprint density at radius 2 is 2.24 bits per heavy atom. The lowest BCUT2D eigenvalue weighted by Crippen LogP contribution is -2.49. The van der Waals surface area contributed by atoms with Crippen molar-refractivity contribution in [1.29, 1.82) is 0 Å².